The quantitative estimate of drug-likeness (QED) is 0.740. The lowest BCUT2D eigenvalue weighted by Crippen LogP contribution is -2.33. The first-order valence-electron chi connectivity index (χ1n) is 7.97. The lowest BCUT2D eigenvalue weighted by atomic mass is 10.3. The van der Waals surface area contributed by atoms with Crippen LogP contribution in [0.5, 0.6) is 0 Å². The summed E-state index contributed by atoms with van der Waals surface area (Å²) in [6.07, 6.45) is 1.41. The molecule has 0 aliphatic carbocycles. The maximum absolute atomic E-state index is 11.1. The third-order valence-electron chi connectivity index (χ3n) is 3.68. The van der Waals surface area contributed by atoms with Crippen LogP contribution in [0.3, 0.4) is 0 Å². The smallest absolute Gasteiger partial charge is 0.475 e. The number of imidazole rings is 1. The Morgan fingerprint density at radius 3 is 2.61 bits per heavy atom. The Labute approximate surface area is 158 Å². The fraction of sp³-hybridized carbons (Fsp3) is 0.467. The van der Waals surface area contributed by atoms with Crippen LogP contribution in [0.4, 0.5) is 13.2 Å². The van der Waals surface area contributed by atoms with Gasteiger partial charge in [0.25, 0.3) is 0 Å². The van der Waals surface area contributed by atoms with Crippen molar-refractivity contribution in [2.75, 3.05) is 12.8 Å². The minimum atomic E-state index is -5.08. The van der Waals surface area contributed by atoms with Crippen LogP contribution >= 0.6 is 0 Å². The van der Waals surface area contributed by atoms with Gasteiger partial charge in [-0.25, -0.2) is 22.9 Å². The molecular weight excluding hydrogens is 405 g/mol. The monoisotopic (exact) mass is 424 g/mol. The van der Waals surface area contributed by atoms with E-state index in [0.717, 1.165) is 49.5 Å². The first-order chi connectivity index (χ1) is 12.9. The number of alkyl halides is 3. The van der Waals surface area contributed by atoms with Crippen LogP contribution in [0.1, 0.15) is 17.1 Å². The lowest BCUT2D eigenvalue weighted by molar-refractivity contribution is -0.192. The normalized spacial score (nSPS) is 14.9. The molecule has 2 N–H and O–H groups in total. The highest BCUT2D eigenvalue weighted by Crippen LogP contribution is 2.16. The van der Waals surface area contributed by atoms with Gasteiger partial charge in [-0.05, 0) is 6.07 Å². The molecule has 9 nitrogen and oxygen atoms in total. The number of carbonyl (C=O) groups is 1. The van der Waals surface area contributed by atoms with Gasteiger partial charge in [0.2, 0.25) is 10.0 Å². The van der Waals surface area contributed by atoms with Crippen molar-refractivity contribution in [1.29, 1.82) is 0 Å². The van der Waals surface area contributed by atoms with E-state index in [2.05, 4.69) is 19.2 Å². The number of aromatic nitrogens is 2. The fourth-order valence-corrected chi connectivity index (χ4v) is 2.84. The summed E-state index contributed by atoms with van der Waals surface area (Å²) >= 11 is 0. The molecule has 2 aromatic rings. The Morgan fingerprint density at radius 1 is 1.39 bits per heavy atom. The van der Waals surface area contributed by atoms with Gasteiger partial charge in [0.1, 0.15) is 5.82 Å². The molecule has 1 aliphatic heterocycles. The van der Waals surface area contributed by atoms with Crippen molar-refractivity contribution in [3.8, 4) is 0 Å². The number of nitrogens with zero attached hydrogens (tertiary/aromatic N) is 3. The maximum atomic E-state index is 11.1. The van der Waals surface area contributed by atoms with Crippen LogP contribution in [0.15, 0.2) is 29.2 Å². The third-order valence-corrected chi connectivity index (χ3v) is 4.34. The highest BCUT2D eigenvalue weighted by atomic mass is 32.2. The number of aliphatic carboxylic acids is 1. The Kier molecular flexibility index (Phi) is 6.85. The van der Waals surface area contributed by atoms with Gasteiger partial charge < -0.3 is 14.1 Å². The molecule has 0 radical (unpaired) electrons. The molecule has 0 fully saturated rings. The van der Waals surface area contributed by atoms with Crippen molar-refractivity contribution in [3.05, 3.63) is 41.9 Å². The van der Waals surface area contributed by atoms with Crippen LogP contribution in [0.25, 0.3) is 0 Å². The van der Waals surface area contributed by atoms with Crippen LogP contribution in [0, 0.1) is 0 Å². The van der Waals surface area contributed by atoms with Gasteiger partial charge in [-0.1, -0.05) is 0 Å². The Hall–Kier alpha value is -2.38. The highest BCUT2D eigenvalue weighted by Gasteiger charge is 2.38. The van der Waals surface area contributed by atoms with Crippen molar-refractivity contribution < 1.29 is 35.9 Å². The maximum Gasteiger partial charge on any atom is 0.490 e. The lowest BCUT2D eigenvalue weighted by Gasteiger charge is -2.26. The number of carboxylic acids is 1. The molecule has 3 heterocycles. The molecule has 0 amide bonds. The van der Waals surface area contributed by atoms with Crippen molar-refractivity contribution in [2.24, 2.45) is 0 Å². The van der Waals surface area contributed by atoms with Gasteiger partial charge in [-0.2, -0.15) is 13.2 Å². The Balaban J connectivity index is 0.000000345. The van der Waals surface area contributed by atoms with Crippen LogP contribution < -0.4 is 4.72 Å². The summed E-state index contributed by atoms with van der Waals surface area (Å²) in [5.74, 6) is -1.79. The van der Waals surface area contributed by atoms with Crippen molar-refractivity contribution >= 4 is 16.0 Å². The summed E-state index contributed by atoms with van der Waals surface area (Å²) in [5, 5.41) is 7.12. The number of carboxylic acid groups (broad SMARTS) is 1. The second kappa shape index (κ2) is 8.75. The SMILES string of the molecule is CS(=O)(=O)NCc1cn2c(n1)CN(Cc1ccoc1)CC2.O=C(O)C(F)(F)F. The Morgan fingerprint density at radius 2 is 2.07 bits per heavy atom. The molecule has 28 heavy (non-hydrogen) atoms. The minimum absolute atomic E-state index is 0.237. The number of rotatable bonds is 5. The molecule has 0 unspecified atom stereocenters. The topological polar surface area (TPSA) is 118 Å². The second-order valence-electron chi connectivity index (χ2n) is 6.08. The Bertz CT molecular complexity index is 893. The number of sulfonamides is 1. The molecule has 0 saturated carbocycles. The molecule has 0 spiro atoms. The summed E-state index contributed by atoms with van der Waals surface area (Å²) in [7, 11) is -3.19. The summed E-state index contributed by atoms with van der Waals surface area (Å²) in [6, 6.07) is 1.96. The van der Waals surface area contributed by atoms with E-state index in [0.29, 0.717) is 0 Å². The molecule has 0 atom stereocenters. The molecule has 156 valence electrons. The average molecular weight is 424 g/mol. The molecule has 0 aromatic carbocycles. The summed E-state index contributed by atoms with van der Waals surface area (Å²) in [4.78, 5) is 15.7. The molecule has 13 heteroatoms. The number of hydrogen-bond donors (Lipinski definition) is 2. The zero-order valence-electron chi connectivity index (χ0n) is 14.8. The van der Waals surface area contributed by atoms with Crippen LogP contribution in [-0.4, -0.2) is 52.9 Å². The number of fused-ring (bicyclic) bond motifs is 1. The van der Waals surface area contributed by atoms with Crippen molar-refractivity contribution in [2.45, 2.75) is 32.4 Å². The number of furan rings is 1. The number of nitrogens with one attached hydrogen (secondary N) is 1. The predicted octanol–water partition coefficient (Wildman–Crippen LogP) is 1.17. The van der Waals surface area contributed by atoms with Crippen LogP contribution in [-0.2, 0) is 41.0 Å². The van der Waals surface area contributed by atoms with E-state index in [1.54, 1.807) is 12.5 Å². The zero-order valence-corrected chi connectivity index (χ0v) is 15.6. The van der Waals surface area contributed by atoms with Gasteiger partial charge in [-0.3, -0.25) is 4.90 Å². The van der Waals surface area contributed by atoms with E-state index in [1.807, 2.05) is 12.3 Å². The van der Waals surface area contributed by atoms with E-state index in [-0.39, 0.29) is 6.54 Å². The minimum Gasteiger partial charge on any atom is -0.475 e. The number of hydrogen-bond acceptors (Lipinski definition) is 6. The molecule has 0 bridgehead atoms. The first-order valence-corrected chi connectivity index (χ1v) is 9.86. The van der Waals surface area contributed by atoms with Gasteiger partial charge in [0, 0.05) is 31.4 Å². The molecular formula is C15H19F3N4O5S. The van der Waals surface area contributed by atoms with E-state index in [9.17, 15) is 21.6 Å². The van der Waals surface area contributed by atoms with Gasteiger partial charge in [-0.15, -0.1) is 0 Å². The summed E-state index contributed by atoms with van der Waals surface area (Å²) in [6.45, 7) is 3.62. The van der Waals surface area contributed by atoms with E-state index in [1.165, 1.54) is 0 Å². The molecule has 2 aromatic heterocycles. The summed E-state index contributed by atoms with van der Waals surface area (Å²) < 4.78 is 63.6. The number of halogens is 3. The zero-order chi connectivity index (χ0) is 20.9. The van der Waals surface area contributed by atoms with Crippen LogP contribution in [0.2, 0.25) is 0 Å². The van der Waals surface area contributed by atoms with Crippen molar-refractivity contribution in [1.82, 2.24) is 19.2 Å². The van der Waals surface area contributed by atoms with E-state index < -0.39 is 22.2 Å². The average Bonchev–Trinajstić information content (AvgIpc) is 3.20. The fourth-order valence-electron chi connectivity index (χ4n) is 2.43. The second-order valence-corrected chi connectivity index (χ2v) is 7.91. The molecule has 1 aliphatic rings. The van der Waals surface area contributed by atoms with E-state index in [4.69, 9.17) is 14.3 Å². The molecule has 0 saturated heterocycles. The molecule has 3 rings (SSSR count). The third kappa shape index (κ3) is 6.98. The van der Waals surface area contributed by atoms with Crippen molar-refractivity contribution in [3.63, 3.8) is 0 Å². The predicted molar refractivity (Wildman–Crippen MR) is 90.4 cm³/mol. The van der Waals surface area contributed by atoms with E-state index >= 15 is 0 Å². The standard InChI is InChI=1S/C13H18N4O3S.C2HF3O2/c1-21(18,19)14-6-12-8-17-4-3-16(9-13(17)15-12)7-11-2-5-20-10-11;3-2(4,5)1(6)7/h2,5,8,10,14H,3-4,6-7,9H2,1H3;(H,6,7). The van der Waals surface area contributed by atoms with Gasteiger partial charge in [0.15, 0.2) is 0 Å². The first kappa shape index (κ1) is 21.9. The summed E-state index contributed by atoms with van der Waals surface area (Å²) in [5.41, 5.74) is 1.90. The largest absolute Gasteiger partial charge is 0.490 e. The highest BCUT2D eigenvalue weighted by molar-refractivity contribution is 7.88. The van der Waals surface area contributed by atoms with Gasteiger partial charge >= 0.3 is 12.1 Å². The van der Waals surface area contributed by atoms with Gasteiger partial charge in [0.05, 0.1) is 37.6 Å².